The van der Waals surface area contributed by atoms with Gasteiger partial charge in [0.05, 0.1) is 0 Å². The molecule has 0 unspecified atom stereocenters. The molecule has 0 N–H and O–H groups in total. The van der Waals surface area contributed by atoms with Crippen molar-refractivity contribution in [3.8, 4) is 0 Å². The van der Waals surface area contributed by atoms with E-state index in [0.29, 0.717) is 0 Å². The minimum Gasteiger partial charge on any atom is -0.0996 e. The molecule has 0 radical (unpaired) electrons. The SMILES string of the molecule is C=C1CC[C@H]1C.CCC. The number of hydrogen-bond donors (Lipinski definition) is 0. The van der Waals surface area contributed by atoms with Gasteiger partial charge < -0.3 is 0 Å². The van der Waals surface area contributed by atoms with Crippen molar-refractivity contribution < 1.29 is 0 Å². The highest BCUT2D eigenvalue weighted by atomic mass is 14.2. The minimum atomic E-state index is 0.838. The summed E-state index contributed by atoms with van der Waals surface area (Å²) in [6.07, 6.45) is 3.90. The molecule has 1 aliphatic carbocycles. The Morgan fingerprint density at radius 1 is 1.56 bits per heavy atom. The highest BCUT2D eigenvalue weighted by Gasteiger charge is 2.15. The lowest BCUT2D eigenvalue weighted by atomic mass is 9.82. The van der Waals surface area contributed by atoms with Gasteiger partial charge in [0.15, 0.2) is 0 Å². The van der Waals surface area contributed by atoms with Gasteiger partial charge in [0.1, 0.15) is 0 Å². The van der Waals surface area contributed by atoms with E-state index in [1.165, 1.54) is 24.8 Å². The summed E-state index contributed by atoms with van der Waals surface area (Å²) in [5.74, 6) is 0.838. The Kier molecular flexibility index (Phi) is 4.47. The van der Waals surface area contributed by atoms with E-state index in [2.05, 4.69) is 27.4 Å². The van der Waals surface area contributed by atoms with E-state index in [-0.39, 0.29) is 0 Å². The molecule has 0 amide bonds. The molecule has 0 heterocycles. The zero-order valence-corrected chi connectivity index (χ0v) is 6.91. The molecule has 0 aromatic heterocycles. The summed E-state index contributed by atoms with van der Waals surface area (Å²) in [5.41, 5.74) is 1.44. The summed E-state index contributed by atoms with van der Waals surface area (Å²) in [5, 5.41) is 0. The first-order chi connectivity index (χ1) is 4.22. The maximum absolute atomic E-state index is 3.84. The topological polar surface area (TPSA) is 0 Å². The predicted octanol–water partition coefficient (Wildman–Crippen LogP) is 3.39. The largest absolute Gasteiger partial charge is 0.0996 e. The van der Waals surface area contributed by atoms with Crippen molar-refractivity contribution in [3.63, 3.8) is 0 Å². The molecule has 0 bridgehead atoms. The molecular weight excluding hydrogens is 108 g/mol. The summed E-state index contributed by atoms with van der Waals surface area (Å²) in [4.78, 5) is 0. The zero-order chi connectivity index (χ0) is 7.28. The normalized spacial score (nSPS) is 23.9. The number of rotatable bonds is 0. The third-order valence-electron chi connectivity index (χ3n) is 1.60. The van der Waals surface area contributed by atoms with Crippen LogP contribution in [-0.4, -0.2) is 0 Å². The number of allylic oxidation sites excluding steroid dienone is 1. The molecule has 1 fully saturated rings. The molecular formula is C9H18. The molecule has 0 spiro atoms. The van der Waals surface area contributed by atoms with E-state index in [0.717, 1.165) is 5.92 Å². The van der Waals surface area contributed by atoms with E-state index in [4.69, 9.17) is 0 Å². The summed E-state index contributed by atoms with van der Waals surface area (Å²) >= 11 is 0. The van der Waals surface area contributed by atoms with Gasteiger partial charge in [-0.3, -0.25) is 0 Å². The van der Waals surface area contributed by atoms with E-state index in [9.17, 15) is 0 Å². The standard InChI is InChI=1S/C6H10.C3H8/c1-5-3-4-6(5)2;1-3-2/h6H,1,3-4H2,2H3;3H2,1-2H3/t6-;/m1./s1. The summed E-state index contributed by atoms with van der Waals surface area (Å²) in [6, 6.07) is 0. The van der Waals surface area contributed by atoms with Crippen LogP contribution in [0.1, 0.15) is 40.0 Å². The van der Waals surface area contributed by atoms with Crippen LogP contribution in [0.5, 0.6) is 0 Å². The lowest BCUT2D eigenvalue weighted by molar-refractivity contribution is 0.486. The molecule has 1 aliphatic rings. The Morgan fingerprint density at radius 3 is 1.89 bits per heavy atom. The van der Waals surface area contributed by atoms with Crippen LogP contribution in [0.4, 0.5) is 0 Å². The van der Waals surface area contributed by atoms with Gasteiger partial charge >= 0.3 is 0 Å². The van der Waals surface area contributed by atoms with Crippen molar-refractivity contribution in [1.82, 2.24) is 0 Å². The third-order valence-corrected chi connectivity index (χ3v) is 1.60. The van der Waals surface area contributed by atoms with E-state index in [1.807, 2.05) is 0 Å². The lowest BCUT2D eigenvalue weighted by Gasteiger charge is -2.23. The van der Waals surface area contributed by atoms with Crippen LogP contribution in [0.3, 0.4) is 0 Å². The van der Waals surface area contributed by atoms with E-state index < -0.39 is 0 Å². The number of hydrogen-bond acceptors (Lipinski definition) is 0. The highest BCUT2D eigenvalue weighted by Crippen LogP contribution is 2.30. The molecule has 9 heavy (non-hydrogen) atoms. The minimum absolute atomic E-state index is 0.838. The third kappa shape index (κ3) is 3.34. The quantitative estimate of drug-likeness (QED) is 0.436. The van der Waals surface area contributed by atoms with Crippen molar-refractivity contribution in [2.75, 3.05) is 0 Å². The maximum atomic E-state index is 3.84. The molecule has 0 aromatic carbocycles. The Bertz CT molecular complexity index is 82.0. The molecule has 0 heteroatoms. The van der Waals surface area contributed by atoms with Crippen LogP contribution in [0.15, 0.2) is 12.2 Å². The average Bonchev–Trinajstić information content (AvgIpc) is 1.86. The Labute approximate surface area is 59.0 Å². The van der Waals surface area contributed by atoms with Crippen LogP contribution in [-0.2, 0) is 0 Å². The second-order valence-corrected chi connectivity index (χ2v) is 2.81. The first-order valence-corrected chi connectivity index (χ1v) is 3.90. The van der Waals surface area contributed by atoms with Gasteiger partial charge in [-0.1, -0.05) is 39.3 Å². The van der Waals surface area contributed by atoms with Crippen LogP contribution < -0.4 is 0 Å². The second-order valence-electron chi connectivity index (χ2n) is 2.81. The van der Waals surface area contributed by atoms with Crippen molar-refractivity contribution in [2.24, 2.45) is 5.92 Å². The monoisotopic (exact) mass is 126 g/mol. The van der Waals surface area contributed by atoms with Crippen molar-refractivity contribution >= 4 is 0 Å². The predicted molar refractivity (Wildman–Crippen MR) is 43.5 cm³/mol. The van der Waals surface area contributed by atoms with Crippen molar-refractivity contribution in [3.05, 3.63) is 12.2 Å². The summed E-state index contributed by atoms with van der Waals surface area (Å²) < 4.78 is 0. The molecule has 1 rings (SSSR count). The van der Waals surface area contributed by atoms with Gasteiger partial charge in [-0.25, -0.2) is 0 Å². The fourth-order valence-electron chi connectivity index (χ4n) is 0.637. The molecule has 0 aliphatic heterocycles. The second kappa shape index (κ2) is 4.60. The van der Waals surface area contributed by atoms with Crippen molar-refractivity contribution in [1.29, 1.82) is 0 Å². The van der Waals surface area contributed by atoms with Crippen molar-refractivity contribution in [2.45, 2.75) is 40.0 Å². The molecule has 0 nitrogen and oxygen atoms in total. The maximum Gasteiger partial charge on any atom is -0.0231 e. The lowest BCUT2D eigenvalue weighted by Crippen LogP contribution is -2.08. The fourth-order valence-corrected chi connectivity index (χ4v) is 0.637. The van der Waals surface area contributed by atoms with Crippen LogP contribution in [0, 0.1) is 5.92 Å². The van der Waals surface area contributed by atoms with Crippen LogP contribution >= 0.6 is 0 Å². The van der Waals surface area contributed by atoms with Crippen LogP contribution in [0.25, 0.3) is 0 Å². The average molecular weight is 126 g/mol. The van der Waals surface area contributed by atoms with E-state index in [1.54, 1.807) is 0 Å². The van der Waals surface area contributed by atoms with Gasteiger partial charge in [-0.2, -0.15) is 0 Å². The zero-order valence-electron chi connectivity index (χ0n) is 6.91. The van der Waals surface area contributed by atoms with Gasteiger partial charge in [-0.15, -0.1) is 0 Å². The first kappa shape index (κ1) is 8.74. The summed E-state index contributed by atoms with van der Waals surface area (Å²) in [6.45, 7) is 10.3. The highest BCUT2D eigenvalue weighted by molar-refractivity contribution is 5.07. The van der Waals surface area contributed by atoms with Crippen LogP contribution in [0.2, 0.25) is 0 Å². The Hall–Kier alpha value is -0.260. The van der Waals surface area contributed by atoms with E-state index >= 15 is 0 Å². The smallest absolute Gasteiger partial charge is 0.0231 e. The Balaban J connectivity index is 0.000000187. The molecule has 1 saturated carbocycles. The fraction of sp³-hybridized carbons (Fsp3) is 0.778. The van der Waals surface area contributed by atoms with Gasteiger partial charge in [0.2, 0.25) is 0 Å². The molecule has 0 saturated heterocycles. The molecule has 0 aromatic rings. The molecule has 1 atom stereocenters. The summed E-state index contributed by atoms with van der Waals surface area (Å²) in [7, 11) is 0. The van der Waals surface area contributed by atoms with Gasteiger partial charge in [0, 0.05) is 0 Å². The first-order valence-electron chi connectivity index (χ1n) is 3.90. The van der Waals surface area contributed by atoms with Gasteiger partial charge in [-0.05, 0) is 18.8 Å². The Morgan fingerprint density at radius 2 is 1.89 bits per heavy atom. The van der Waals surface area contributed by atoms with Gasteiger partial charge in [0.25, 0.3) is 0 Å². The molecule has 54 valence electrons.